The van der Waals surface area contributed by atoms with Crippen LogP contribution in [0.3, 0.4) is 0 Å². The van der Waals surface area contributed by atoms with Gasteiger partial charge in [-0.2, -0.15) is 0 Å². The molecule has 0 unspecified atom stereocenters. The minimum Gasteiger partial charge on any atom is -0.444 e. The summed E-state index contributed by atoms with van der Waals surface area (Å²) in [6.07, 6.45) is 3.02. The van der Waals surface area contributed by atoms with Crippen LogP contribution in [0.2, 0.25) is 0 Å². The van der Waals surface area contributed by atoms with Crippen LogP contribution < -0.4 is 11.1 Å². The van der Waals surface area contributed by atoms with Crippen molar-refractivity contribution < 1.29 is 9.21 Å². The smallest absolute Gasteiger partial charge is 0.255 e. The molecule has 1 aromatic heterocycles. The highest BCUT2D eigenvalue weighted by Gasteiger charge is 2.07. The van der Waals surface area contributed by atoms with Crippen molar-refractivity contribution in [2.45, 2.75) is 0 Å². The molecule has 104 valence electrons. The van der Waals surface area contributed by atoms with Gasteiger partial charge in [0.15, 0.2) is 12.2 Å². The Bertz CT molecular complexity index is 749. The SMILES string of the molecule is Nc1cccc(C(=O)Nc2ccc(-c3cnco3)cc2)c1. The highest BCUT2D eigenvalue weighted by atomic mass is 16.3. The predicted molar refractivity (Wildman–Crippen MR) is 80.7 cm³/mol. The first-order valence-electron chi connectivity index (χ1n) is 6.38. The van der Waals surface area contributed by atoms with Gasteiger partial charge < -0.3 is 15.5 Å². The summed E-state index contributed by atoms with van der Waals surface area (Å²) >= 11 is 0. The fourth-order valence-electron chi connectivity index (χ4n) is 1.96. The van der Waals surface area contributed by atoms with Gasteiger partial charge in [0.25, 0.3) is 5.91 Å². The first-order valence-corrected chi connectivity index (χ1v) is 6.38. The molecule has 5 heteroatoms. The van der Waals surface area contributed by atoms with Crippen molar-refractivity contribution in [1.29, 1.82) is 0 Å². The molecule has 1 amide bonds. The zero-order valence-electron chi connectivity index (χ0n) is 11.1. The summed E-state index contributed by atoms with van der Waals surface area (Å²) in [7, 11) is 0. The lowest BCUT2D eigenvalue weighted by molar-refractivity contribution is 0.102. The Hall–Kier alpha value is -3.08. The number of nitrogens with one attached hydrogen (secondary N) is 1. The van der Waals surface area contributed by atoms with E-state index < -0.39 is 0 Å². The van der Waals surface area contributed by atoms with Gasteiger partial charge in [-0.3, -0.25) is 4.79 Å². The van der Waals surface area contributed by atoms with Gasteiger partial charge in [0, 0.05) is 22.5 Å². The topological polar surface area (TPSA) is 81.2 Å². The number of oxazole rings is 1. The van der Waals surface area contributed by atoms with Crippen molar-refractivity contribution in [3.05, 3.63) is 66.7 Å². The van der Waals surface area contributed by atoms with E-state index >= 15 is 0 Å². The quantitative estimate of drug-likeness (QED) is 0.721. The summed E-state index contributed by atoms with van der Waals surface area (Å²) in [6.45, 7) is 0. The summed E-state index contributed by atoms with van der Waals surface area (Å²) in [5, 5.41) is 2.82. The van der Waals surface area contributed by atoms with Crippen LogP contribution in [0.25, 0.3) is 11.3 Å². The minimum atomic E-state index is -0.199. The first kappa shape index (κ1) is 12.9. The molecule has 1 heterocycles. The number of anilines is 2. The molecule has 0 aliphatic rings. The largest absolute Gasteiger partial charge is 0.444 e. The molecule has 2 aromatic carbocycles. The number of hydrogen-bond acceptors (Lipinski definition) is 4. The number of carbonyl (C=O) groups is 1. The van der Waals surface area contributed by atoms with Crippen LogP contribution in [0.1, 0.15) is 10.4 Å². The second-order valence-electron chi connectivity index (χ2n) is 4.52. The van der Waals surface area contributed by atoms with Crippen LogP contribution in [0.4, 0.5) is 11.4 Å². The Morgan fingerprint density at radius 3 is 2.62 bits per heavy atom. The first-order chi connectivity index (χ1) is 10.2. The maximum atomic E-state index is 12.1. The summed E-state index contributed by atoms with van der Waals surface area (Å²) in [5.41, 5.74) is 8.35. The lowest BCUT2D eigenvalue weighted by atomic mass is 10.1. The standard InChI is InChI=1S/C16H13N3O2/c17-13-3-1-2-12(8-13)16(20)19-14-6-4-11(5-7-14)15-9-18-10-21-15/h1-10H,17H2,(H,19,20). The lowest BCUT2D eigenvalue weighted by Gasteiger charge is -2.06. The highest BCUT2D eigenvalue weighted by molar-refractivity contribution is 6.04. The maximum absolute atomic E-state index is 12.1. The van der Waals surface area contributed by atoms with Crippen molar-refractivity contribution in [2.75, 3.05) is 11.1 Å². The number of amides is 1. The number of nitrogens with zero attached hydrogens (tertiary/aromatic N) is 1. The molecule has 0 bridgehead atoms. The molecular weight excluding hydrogens is 266 g/mol. The van der Waals surface area contributed by atoms with E-state index in [9.17, 15) is 4.79 Å². The van der Waals surface area contributed by atoms with Crippen molar-refractivity contribution in [1.82, 2.24) is 4.98 Å². The fraction of sp³-hybridized carbons (Fsp3) is 0. The second kappa shape index (κ2) is 5.50. The molecule has 0 aliphatic heterocycles. The Kier molecular flexibility index (Phi) is 3.39. The number of hydrogen-bond donors (Lipinski definition) is 2. The van der Waals surface area contributed by atoms with Gasteiger partial charge in [0.05, 0.1) is 6.20 Å². The van der Waals surface area contributed by atoms with Crippen LogP contribution in [0.5, 0.6) is 0 Å². The van der Waals surface area contributed by atoms with Crippen molar-refractivity contribution in [3.8, 4) is 11.3 Å². The molecule has 0 aliphatic carbocycles. The maximum Gasteiger partial charge on any atom is 0.255 e. The minimum absolute atomic E-state index is 0.199. The summed E-state index contributed by atoms with van der Waals surface area (Å²) in [6, 6.07) is 14.2. The third kappa shape index (κ3) is 2.92. The van der Waals surface area contributed by atoms with Gasteiger partial charge in [-0.05, 0) is 42.5 Å². The summed E-state index contributed by atoms with van der Waals surface area (Å²) in [5.74, 6) is 0.485. The number of carbonyl (C=O) groups excluding carboxylic acids is 1. The van der Waals surface area contributed by atoms with E-state index in [4.69, 9.17) is 10.2 Å². The van der Waals surface area contributed by atoms with E-state index in [0.717, 1.165) is 5.56 Å². The van der Waals surface area contributed by atoms with E-state index in [1.165, 1.54) is 6.39 Å². The number of rotatable bonds is 3. The lowest BCUT2D eigenvalue weighted by Crippen LogP contribution is -2.11. The number of nitrogens with two attached hydrogens (primary N) is 1. The van der Waals surface area contributed by atoms with E-state index in [1.807, 2.05) is 24.3 Å². The Morgan fingerprint density at radius 1 is 1.14 bits per heavy atom. The molecule has 5 nitrogen and oxygen atoms in total. The summed E-state index contributed by atoms with van der Waals surface area (Å²) in [4.78, 5) is 16.0. The highest BCUT2D eigenvalue weighted by Crippen LogP contribution is 2.21. The number of aromatic nitrogens is 1. The van der Waals surface area contributed by atoms with E-state index in [1.54, 1.807) is 30.5 Å². The monoisotopic (exact) mass is 279 g/mol. The number of benzene rings is 2. The average Bonchev–Trinajstić information content (AvgIpc) is 3.02. The van der Waals surface area contributed by atoms with Crippen LogP contribution in [-0.4, -0.2) is 10.9 Å². The van der Waals surface area contributed by atoms with E-state index in [0.29, 0.717) is 22.7 Å². The van der Waals surface area contributed by atoms with Gasteiger partial charge in [-0.15, -0.1) is 0 Å². The van der Waals surface area contributed by atoms with Crippen LogP contribution in [0, 0.1) is 0 Å². The molecular formula is C16H13N3O2. The zero-order chi connectivity index (χ0) is 14.7. The fourth-order valence-corrected chi connectivity index (χ4v) is 1.96. The number of nitrogen functional groups attached to an aromatic ring is 1. The third-order valence-corrected chi connectivity index (χ3v) is 3.01. The molecule has 21 heavy (non-hydrogen) atoms. The van der Waals surface area contributed by atoms with Gasteiger partial charge in [-0.25, -0.2) is 4.98 Å². The van der Waals surface area contributed by atoms with Gasteiger partial charge in [-0.1, -0.05) is 6.07 Å². The molecule has 3 rings (SSSR count). The Labute approximate surface area is 121 Å². The Balaban J connectivity index is 1.75. The molecule has 3 aromatic rings. The summed E-state index contributed by atoms with van der Waals surface area (Å²) < 4.78 is 5.21. The predicted octanol–water partition coefficient (Wildman–Crippen LogP) is 3.18. The van der Waals surface area contributed by atoms with Gasteiger partial charge >= 0.3 is 0 Å². The molecule has 0 saturated heterocycles. The molecule has 0 spiro atoms. The molecule has 0 radical (unpaired) electrons. The van der Waals surface area contributed by atoms with Gasteiger partial charge in [0.2, 0.25) is 0 Å². The van der Waals surface area contributed by atoms with Crippen molar-refractivity contribution in [2.24, 2.45) is 0 Å². The molecule has 0 fully saturated rings. The Morgan fingerprint density at radius 2 is 1.95 bits per heavy atom. The molecule has 0 atom stereocenters. The third-order valence-electron chi connectivity index (χ3n) is 3.01. The molecule has 0 saturated carbocycles. The molecule has 3 N–H and O–H groups in total. The van der Waals surface area contributed by atoms with Crippen molar-refractivity contribution >= 4 is 17.3 Å². The average molecular weight is 279 g/mol. The van der Waals surface area contributed by atoms with Crippen LogP contribution in [0.15, 0.2) is 65.5 Å². The van der Waals surface area contributed by atoms with E-state index in [2.05, 4.69) is 10.3 Å². The van der Waals surface area contributed by atoms with Crippen molar-refractivity contribution in [3.63, 3.8) is 0 Å². The van der Waals surface area contributed by atoms with E-state index in [-0.39, 0.29) is 5.91 Å². The second-order valence-corrected chi connectivity index (χ2v) is 4.52. The van der Waals surface area contributed by atoms with Gasteiger partial charge in [0.1, 0.15) is 0 Å². The van der Waals surface area contributed by atoms with Crippen LogP contribution >= 0.6 is 0 Å². The normalized spacial score (nSPS) is 10.3. The van der Waals surface area contributed by atoms with Crippen LogP contribution in [-0.2, 0) is 0 Å². The zero-order valence-corrected chi connectivity index (χ0v) is 11.1.